The topological polar surface area (TPSA) is 101 Å². The largest absolute Gasteiger partial charge is 0.322 e. The Labute approximate surface area is 193 Å². The number of sulfonamides is 1. The van der Waals surface area contributed by atoms with Crippen molar-refractivity contribution in [3.63, 3.8) is 0 Å². The number of carbonyl (C=O) groups excluding carboxylic acids is 1. The summed E-state index contributed by atoms with van der Waals surface area (Å²) in [5.41, 5.74) is 2.27. The quantitative estimate of drug-likeness (QED) is 0.452. The fourth-order valence-corrected chi connectivity index (χ4v) is 4.81. The molecule has 4 aromatic rings. The number of hydrogen-bond acceptors (Lipinski definition) is 5. The third kappa shape index (κ3) is 5.24. The Morgan fingerprint density at radius 1 is 0.879 bits per heavy atom. The molecular weight excluding hydrogens is 436 g/mol. The van der Waals surface area contributed by atoms with Crippen molar-refractivity contribution in [3.05, 3.63) is 84.6 Å². The van der Waals surface area contributed by atoms with Crippen LogP contribution in [-0.4, -0.2) is 29.8 Å². The summed E-state index contributed by atoms with van der Waals surface area (Å²) in [4.78, 5) is 22.3. The van der Waals surface area contributed by atoms with Crippen LogP contribution in [0, 0.1) is 0 Å². The molecule has 8 heteroatoms. The fourth-order valence-electron chi connectivity index (χ4n) is 3.39. The monoisotopic (exact) mass is 460 g/mol. The number of para-hydroxylation sites is 1. The molecule has 0 radical (unpaired) electrons. The third-order valence-corrected chi connectivity index (χ3v) is 6.53. The molecule has 33 heavy (non-hydrogen) atoms. The Morgan fingerprint density at radius 3 is 2.24 bits per heavy atom. The van der Waals surface area contributed by atoms with Crippen LogP contribution in [0.25, 0.3) is 22.3 Å². The highest BCUT2D eigenvalue weighted by atomic mass is 32.2. The average molecular weight is 461 g/mol. The van der Waals surface area contributed by atoms with Gasteiger partial charge in [-0.25, -0.2) is 18.1 Å². The Morgan fingerprint density at radius 2 is 1.58 bits per heavy atom. The van der Waals surface area contributed by atoms with Gasteiger partial charge >= 0.3 is 0 Å². The standard InChI is InChI=1S/C25H24N4O3S/c1-25(2,3)29-33(31,32)18-13-11-17(12-14-18)27-24(30)20-16-23(22-10-6-7-15-26-22)28-21-9-5-4-8-19(20)21/h4-16,29H,1-3H3,(H,27,30). The molecule has 0 fully saturated rings. The van der Waals surface area contributed by atoms with E-state index in [0.717, 1.165) is 0 Å². The predicted octanol–water partition coefficient (Wildman–Crippen LogP) is 4.63. The van der Waals surface area contributed by atoms with Crippen LogP contribution < -0.4 is 10.0 Å². The van der Waals surface area contributed by atoms with Gasteiger partial charge in [-0.1, -0.05) is 24.3 Å². The van der Waals surface area contributed by atoms with Gasteiger partial charge in [-0.2, -0.15) is 0 Å². The molecule has 0 bridgehead atoms. The smallest absolute Gasteiger partial charge is 0.256 e. The zero-order chi connectivity index (χ0) is 23.6. The molecule has 0 unspecified atom stereocenters. The van der Waals surface area contributed by atoms with Gasteiger partial charge in [0.05, 0.1) is 27.4 Å². The number of rotatable bonds is 5. The van der Waals surface area contributed by atoms with Gasteiger partial charge < -0.3 is 5.32 Å². The summed E-state index contributed by atoms with van der Waals surface area (Å²) in [7, 11) is -3.66. The minimum Gasteiger partial charge on any atom is -0.322 e. The van der Waals surface area contributed by atoms with Gasteiger partial charge in [0.2, 0.25) is 10.0 Å². The molecule has 0 atom stereocenters. The van der Waals surface area contributed by atoms with Crippen LogP contribution in [0.1, 0.15) is 31.1 Å². The van der Waals surface area contributed by atoms with Crippen molar-refractivity contribution in [1.82, 2.24) is 14.7 Å². The second-order valence-electron chi connectivity index (χ2n) is 8.62. The highest BCUT2D eigenvalue weighted by Crippen LogP contribution is 2.25. The van der Waals surface area contributed by atoms with Gasteiger partial charge in [0.1, 0.15) is 0 Å². The van der Waals surface area contributed by atoms with Crippen molar-refractivity contribution in [2.45, 2.75) is 31.2 Å². The maximum absolute atomic E-state index is 13.2. The van der Waals surface area contributed by atoms with E-state index in [1.807, 2.05) is 42.5 Å². The van der Waals surface area contributed by atoms with E-state index in [0.29, 0.717) is 33.5 Å². The van der Waals surface area contributed by atoms with Gasteiger partial charge in [0.15, 0.2) is 0 Å². The lowest BCUT2D eigenvalue weighted by atomic mass is 10.1. The van der Waals surface area contributed by atoms with E-state index < -0.39 is 15.6 Å². The zero-order valence-electron chi connectivity index (χ0n) is 18.5. The molecule has 0 spiro atoms. The third-order valence-electron chi connectivity index (χ3n) is 4.75. The van der Waals surface area contributed by atoms with Crippen molar-refractivity contribution in [1.29, 1.82) is 0 Å². The summed E-state index contributed by atoms with van der Waals surface area (Å²) in [6.07, 6.45) is 1.68. The summed E-state index contributed by atoms with van der Waals surface area (Å²) in [5.74, 6) is -0.325. The van der Waals surface area contributed by atoms with Gasteiger partial charge in [0.25, 0.3) is 5.91 Å². The van der Waals surface area contributed by atoms with Crippen molar-refractivity contribution >= 4 is 32.5 Å². The minimum absolute atomic E-state index is 0.127. The van der Waals surface area contributed by atoms with E-state index >= 15 is 0 Å². The first kappa shape index (κ1) is 22.6. The lowest BCUT2D eigenvalue weighted by Gasteiger charge is -2.20. The lowest BCUT2D eigenvalue weighted by molar-refractivity contribution is 0.102. The molecule has 0 aliphatic rings. The first-order valence-corrected chi connectivity index (χ1v) is 11.9. The van der Waals surface area contributed by atoms with Gasteiger partial charge in [-0.15, -0.1) is 0 Å². The Bertz CT molecular complexity index is 1410. The normalized spacial score (nSPS) is 12.0. The van der Waals surface area contributed by atoms with E-state index in [-0.39, 0.29) is 10.8 Å². The lowest BCUT2D eigenvalue weighted by Crippen LogP contribution is -2.40. The molecule has 7 nitrogen and oxygen atoms in total. The van der Waals surface area contributed by atoms with Crippen LogP contribution in [-0.2, 0) is 10.0 Å². The summed E-state index contributed by atoms with van der Waals surface area (Å²) in [6.45, 7) is 5.33. The van der Waals surface area contributed by atoms with E-state index in [1.54, 1.807) is 45.2 Å². The number of carbonyl (C=O) groups is 1. The molecular formula is C25H24N4O3S. The van der Waals surface area contributed by atoms with Crippen LogP contribution in [0.15, 0.2) is 83.9 Å². The number of nitrogens with zero attached hydrogens (tertiary/aromatic N) is 2. The van der Waals surface area contributed by atoms with Gasteiger partial charge in [-0.3, -0.25) is 9.78 Å². The van der Waals surface area contributed by atoms with Crippen molar-refractivity contribution in [3.8, 4) is 11.4 Å². The number of benzene rings is 2. The minimum atomic E-state index is -3.66. The Hall–Kier alpha value is -3.62. The number of aromatic nitrogens is 2. The van der Waals surface area contributed by atoms with Crippen LogP contribution in [0.5, 0.6) is 0 Å². The molecule has 4 rings (SSSR count). The highest BCUT2D eigenvalue weighted by Gasteiger charge is 2.22. The summed E-state index contributed by atoms with van der Waals surface area (Å²) in [5, 5.41) is 3.56. The molecule has 168 valence electrons. The number of nitrogens with one attached hydrogen (secondary N) is 2. The SMILES string of the molecule is CC(C)(C)NS(=O)(=O)c1ccc(NC(=O)c2cc(-c3ccccn3)nc3ccccc23)cc1. The summed E-state index contributed by atoms with van der Waals surface area (Å²) < 4.78 is 27.6. The first-order chi connectivity index (χ1) is 15.6. The van der Waals surface area contributed by atoms with E-state index in [1.165, 1.54) is 12.1 Å². The molecule has 2 N–H and O–H groups in total. The van der Waals surface area contributed by atoms with Gasteiger partial charge in [-0.05, 0) is 69.3 Å². The van der Waals surface area contributed by atoms with Crippen LogP contribution in [0.4, 0.5) is 5.69 Å². The predicted molar refractivity (Wildman–Crippen MR) is 129 cm³/mol. The van der Waals surface area contributed by atoms with Crippen LogP contribution >= 0.6 is 0 Å². The fraction of sp³-hybridized carbons (Fsp3) is 0.160. The zero-order valence-corrected chi connectivity index (χ0v) is 19.3. The number of hydrogen-bond donors (Lipinski definition) is 2. The molecule has 0 aliphatic carbocycles. The van der Waals surface area contributed by atoms with Crippen LogP contribution in [0.3, 0.4) is 0 Å². The summed E-state index contributed by atoms with van der Waals surface area (Å²) >= 11 is 0. The van der Waals surface area contributed by atoms with Crippen molar-refractivity contribution < 1.29 is 13.2 Å². The van der Waals surface area contributed by atoms with Gasteiger partial charge in [0, 0.05) is 22.8 Å². The Kier molecular flexibility index (Phi) is 5.97. The molecule has 2 aromatic carbocycles. The number of amides is 1. The molecule has 2 heterocycles. The second kappa shape index (κ2) is 8.73. The number of fused-ring (bicyclic) bond motifs is 1. The van der Waals surface area contributed by atoms with Crippen molar-refractivity contribution in [2.75, 3.05) is 5.32 Å². The van der Waals surface area contributed by atoms with Crippen molar-refractivity contribution in [2.24, 2.45) is 0 Å². The second-order valence-corrected chi connectivity index (χ2v) is 10.3. The summed E-state index contributed by atoms with van der Waals surface area (Å²) in [6, 6.07) is 20.7. The molecule has 0 aliphatic heterocycles. The number of pyridine rings is 2. The first-order valence-electron chi connectivity index (χ1n) is 10.4. The maximum atomic E-state index is 13.2. The van der Waals surface area contributed by atoms with E-state index in [2.05, 4.69) is 20.0 Å². The van der Waals surface area contributed by atoms with Crippen LogP contribution in [0.2, 0.25) is 0 Å². The maximum Gasteiger partial charge on any atom is 0.256 e. The molecule has 1 amide bonds. The van der Waals surface area contributed by atoms with E-state index in [4.69, 9.17) is 0 Å². The molecule has 0 saturated heterocycles. The Balaban J connectivity index is 1.64. The molecule has 0 saturated carbocycles. The number of anilines is 1. The average Bonchev–Trinajstić information content (AvgIpc) is 2.77. The van der Waals surface area contributed by atoms with E-state index in [9.17, 15) is 13.2 Å². The molecule has 2 aromatic heterocycles. The highest BCUT2D eigenvalue weighted by molar-refractivity contribution is 7.89.